The van der Waals surface area contributed by atoms with E-state index < -0.39 is 0 Å². The summed E-state index contributed by atoms with van der Waals surface area (Å²) in [5, 5.41) is 0. The molecule has 0 aromatic heterocycles. The van der Waals surface area contributed by atoms with Crippen molar-refractivity contribution in [2.75, 3.05) is 6.54 Å². The number of benzene rings is 1. The van der Waals surface area contributed by atoms with Crippen molar-refractivity contribution in [2.45, 2.75) is 39.3 Å². The summed E-state index contributed by atoms with van der Waals surface area (Å²) < 4.78 is 0. The largest absolute Gasteiger partial charge is 0.295 e. The Morgan fingerprint density at radius 3 is 2.56 bits per heavy atom. The van der Waals surface area contributed by atoms with Gasteiger partial charge in [0.1, 0.15) is 0 Å². The van der Waals surface area contributed by atoms with Gasteiger partial charge in [-0.05, 0) is 18.9 Å². The van der Waals surface area contributed by atoms with Crippen LogP contribution in [0.1, 0.15) is 32.3 Å². The van der Waals surface area contributed by atoms with Crippen molar-refractivity contribution in [1.29, 1.82) is 0 Å². The van der Waals surface area contributed by atoms with E-state index in [4.69, 9.17) is 6.42 Å². The van der Waals surface area contributed by atoms with Gasteiger partial charge in [-0.3, -0.25) is 4.90 Å². The first-order chi connectivity index (χ1) is 7.77. The van der Waals surface area contributed by atoms with E-state index in [1.54, 1.807) is 0 Å². The van der Waals surface area contributed by atoms with Crippen LogP contribution >= 0.6 is 0 Å². The molecule has 0 aliphatic rings. The first-order valence-electron chi connectivity index (χ1n) is 5.99. The summed E-state index contributed by atoms with van der Waals surface area (Å²) in [6.07, 6.45) is 7.33. The van der Waals surface area contributed by atoms with E-state index in [1.807, 2.05) is 0 Å². The average Bonchev–Trinajstić information content (AvgIpc) is 2.34. The lowest BCUT2D eigenvalue weighted by Gasteiger charge is -2.27. The third kappa shape index (κ3) is 4.08. The zero-order valence-corrected chi connectivity index (χ0v) is 10.3. The second-order valence-electron chi connectivity index (χ2n) is 4.17. The Kier molecular flexibility index (Phi) is 5.67. The van der Waals surface area contributed by atoms with Crippen LogP contribution in [0.5, 0.6) is 0 Å². The summed E-state index contributed by atoms with van der Waals surface area (Å²) in [7, 11) is 0. The van der Waals surface area contributed by atoms with Crippen LogP contribution in [0.2, 0.25) is 0 Å². The van der Waals surface area contributed by atoms with Crippen molar-refractivity contribution >= 4 is 0 Å². The van der Waals surface area contributed by atoms with Gasteiger partial charge in [-0.25, -0.2) is 0 Å². The van der Waals surface area contributed by atoms with Crippen LogP contribution in [0.4, 0.5) is 0 Å². The lowest BCUT2D eigenvalue weighted by atomic mass is 10.1. The van der Waals surface area contributed by atoms with E-state index in [1.165, 1.54) is 5.56 Å². The van der Waals surface area contributed by atoms with Crippen LogP contribution in [-0.4, -0.2) is 17.5 Å². The molecule has 1 aromatic rings. The number of hydrogen-bond donors (Lipinski definition) is 0. The van der Waals surface area contributed by atoms with Gasteiger partial charge in [-0.1, -0.05) is 37.3 Å². The lowest BCUT2D eigenvalue weighted by Crippen LogP contribution is -2.32. The molecule has 0 spiro atoms. The number of nitrogens with zero attached hydrogens (tertiary/aromatic N) is 1. The lowest BCUT2D eigenvalue weighted by molar-refractivity contribution is 0.200. The van der Waals surface area contributed by atoms with Gasteiger partial charge in [0.25, 0.3) is 0 Å². The summed E-state index contributed by atoms with van der Waals surface area (Å²) in [5.74, 6) is 2.72. The van der Waals surface area contributed by atoms with E-state index in [0.717, 1.165) is 25.9 Å². The van der Waals surface area contributed by atoms with Crippen LogP contribution in [0, 0.1) is 12.3 Å². The maximum atomic E-state index is 5.34. The van der Waals surface area contributed by atoms with Gasteiger partial charge in [0.15, 0.2) is 0 Å². The van der Waals surface area contributed by atoms with Crippen LogP contribution in [-0.2, 0) is 6.54 Å². The van der Waals surface area contributed by atoms with E-state index in [0.29, 0.717) is 6.04 Å². The molecule has 1 nitrogen and oxygen atoms in total. The normalized spacial score (nSPS) is 12.4. The fourth-order valence-electron chi connectivity index (χ4n) is 1.74. The zero-order chi connectivity index (χ0) is 11.8. The third-order valence-electron chi connectivity index (χ3n) is 2.99. The van der Waals surface area contributed by atoms with E-state index >= 15 is 0 Å². The van der Waals surface area contributed by atoms with E-state index in [2.05, 4.69) is 55.0 Å². The molecule has 0 aliphatic carbocycles. The topological polar surface area (TPSA) is 3.24 Å². The maximum Gasteiger partial charge on any atom is 0.0236 e. The summed E-state index contributed by atoms with van der Waals surface area (Å²) >= 11 is 0. The average molecular weight is 215 g/mol. The molecule has 16 heavy (non-hydrogen) atoms. The van der Waals surface area contributed by atoms with Crippen molar-refractivity contribution in [3.8, 4) is 12.3 Å². The van der Waals surface area contributed by atoms with E-state index in [-0.39, 0.29) is 0 Å². The van der Waals surface area contributed by atoms with Crippen molar-refractivity contribution in [1.82, 2.24) is 4.90 Å². The third-order valence-corrected chi connectivity index (χ3v) is 2.99. The minimum atomic E-state index is 0.591. The molecule has 0 N–H and O–H groups in total. The SMILES string of the molecule is C#CCCN(Cc1ccccc1)C(C)CC. The zero-order valence-electron chi connectivity index (χ0n) is 10.3. The Bertz CT molecular complexity index is 323. The highest BCUT2D eigenvalue weighted by Gasteiger charge is 2.11. The summed E-state index contributed by atoms with van der Waals surface area (Å²) in [6, 6.07) is 11.2. The summed E-state index contributed by atoms with van der Waals surface area (Å²) in [4.78, 5) is 2.45. The Hall–Kier alpha value is -1.26. The van der Waals surface area contributed by atoms with Gasteiger partial charge in [0, 0.05) is 25.6 Å². The smallest absolute Gasteiger partial charge is 0.0236 e. The highest BCUT2D eigenvalue weighted by atomic mass is 15.1. The molecule has 0 heterocycles. The van der Waals surface area contributed by atoms with Crippen LogP contribution in [0.3, 0.4) is 0 Å². The molecule has 0 amide bonds. The van der Waals surface area contributed by atoms with Gasteiger partial charge in [0.05, 0.1) is 0 Å². The Morgan fingerprint density at radius 1 is 1.31 bits per heavy atom. The molecule has 86 valence electrons. The molecule has 0 fully saturated rings. The first-order valence-corrected chi connectivity index (χ1v) is 5.99. The number of hydrogen-bond acceptors (Lipinski definition) is 1. The predicted octanol–water partition coefficient (Wildman–Crippen LogP) is 3.31. The fourth-order valence-corrected chi connectivity index (χ4v) is 1.74. The molecule has 0 saturated heterocycles. The van der Waals surface area contributed by atoms with Crippen LogP contribution in [0.15, 0.2) is 30.3 Å². The van der Waals surface area contributed by atoms with Gasteiger partial charge < -0.3 is 0 Å². The Morgan fingerprint density at radius 2 is 2.00 bits per heavy atom. The molecule has 0 radical (unpaired) electrons. The molecule has 1 unspecified atom stereocenters. The fraction of sp³-hybridized carbons (Fsp3) is 0.467. The first kappa shape index (κ1) is 12.8. The summed E-state index contributed by atoms with van der Waals surface area (Å²) in [6.45, 7) is 6.47. The second kappa shape index (κ2) is 7.09. The van der Waals surface area contributed by atoms with Crippen molar-refractivity contribution in [3.05, 3.63) is 35.9 Å². The van der Waals surface area contributed by atoms with Crippen LogP contribution < -0.4 is 0 Å². The summed E-state index contributed by atoms with van der Waals surface area (Å²) in [5.41, 5.74) is 1.36. The highest BCUT2D eigenvalue weighted by molar-refractivity contribution is 5.14. The Labute approximate surface area is 99.5 Å². The van der Waals surface area contributed by atoms with Gasteiger partial charge in [-0.2, -0.15) is 0 Å². The predicted molar refractivity (Wildman–Crippen MR) is 70.1 cm³/mol. The number of terminal acetylenes is 1. The molecule has 1 aromatic carbocycles. The molecule has 0 aliphatic heterocycles. The Balaban J connectivity index is 2.60. The quantitative estimate of drug-likeness (QED) is 0.658. The minimum Gasteiger partial charge on any atom is -0.295 e. The second-order valence-corrected chi connectivity index (χ2v) is 4.17. The molecule has 1 rings (SSSR count). The number of rotatable bonds is 6. The molecule has 1 heteroatoms. The van der Waals surface area contributed by atoms with E-state index in [9.17, 15) is 0 Å². The molecule has 1 atom stereocenters. The molecule has 0 saturated carbocycles. The van der Waals surface area contributed by atoms with Gasteiger partial charge in [-0.15, -0.1) is 12.3 Å². The molecule has 0 bridgehead atoms. The van der Waals surface area contributed by atoms with Crippen molar-refractivity contribution in [2.24, 2.45) is 0 Å². The van der Waals surface area contributed by atoms with Crippen LogP contribution in [0.25, 0.3) is 0 Å². The highest BCUT2D eigenvalue weighted by Crippen LogP contribution is 2.10. The minimum absolute atomic E-state index is 0.591. The van der Waals surface area contributed by atoms with Crippen molar-refractivity contribution < 1.29 is 0 Å². The van der Waals surface area contributed by atoms with Gasteiger partial charge >= 0.3 is 0 Å². The van der Waals surface area contributed by atoms with Crippen molar-refractivity contribution in [3.63, 3.8) is 0 Å². The monoisotopic (exact) mass is 215 g/mol. The maximum absolute atomic E-state index is 5.34. The molecular weight excluding hydrogens is 194 g/mol. The standard InChI is InChI=1S/C15H21N/c1-4-6-12-16(14(3)5-2)13-15-10-8-7-9-11-15/h1,7-11,14H,5-6,12-13H2,2-3H3. The molecular formula is C15H21N. The van der Waals surface area contributed by atoms with Gasteiger partial charge in [0.2, 0.25) is 0 Å².